The minimum Gasteiger partial charge on any atom is -0.338 e. The largest absolute Gasteiger partial charge is 0.338 e. The highest BCUT2D eigenvalue weighted by Crippen LogP contribution is 2.24. The van der Waals surface area contributed by atoms with Gasteiger partial charge in [0.1, 0.15) is 5.69 Å². The molecule has 0 spiro atoms. The Balaban J connectivity index is 0.00000240. The van der Waals surface area contributed by atoms with Crippen molar-refractivity contribution >= 4 is 29.9 Å². The van der Waals surface area contributed by atoms with Gasteiger partial charge in [0.15, 0.2) is 0 Å². The molecule has 1 saturated heterocycles. The van der Waals surface area contributed by atoms with Crippen LogP contribution in [-0.2, 0) is 0 Å². The zero-order valence-corrected chi connectivity index (χ0v) is 17.4. The predicted molar refractivity (Wildman–Crippen MR) is 116 cm³/mol. The van der Waals surface area contributed by atoms with Crippen LogP contribution in [0.2, 0.25) is 5.02 Å². The molecular formula is C21H23Cl2N5O. The van der Waals surface area contributed by atoms with Crippen LogP contribution < -0.4 is 10.6 Å². The van der Waals surface area contributed by atoms with Crippen LogP contribution in [0.25, 0.3) is 0 Å². The average Bonchev–Trinajstić information content (AvgIpc) is 3.24. The van der Waals surface area contributed by atoms with Gasteiger partial charge < -0.3 is 10.6 Å². The summed E-state index contributed by atoms with van der Waals surface area (Å²) >= 11 is 6.16. The Hall–Kier alpha value is -2.41. The molecular weight excluding hydrogens is 409 g/mol. The van der Waals surface area contributed by atoms with E-state index in [0.29, 0.717) is 10.7 Å². The lowest BCUT2D eigenvalue weighted by atomic mass is 10.0. The molecule has 152 valence electrons. The number of carbonyl (C=O) groups excluding carboxylic acids is 1. The lowest BCUT2D eigenvalue weighted by Gasteiger charge is -2.23. The third-order valence-corrected chi connectivity index (χ3v) is 5.16. The van der Waals surface area contributed by atoms with E-state index in [1.54, 1.807) is 12.3 Å². The van der Waals surface area contributed by atoms with Gasteiger partial charge in [-0.15, -0.1) is 12.4 Å². The van der Waals surface area contributed by atoms with Gasteiger partial charge in [0.2, 0.25) is 0 Å². The van der Waals surface area contributed by atoms with Crippen molar-refractivity contribution in [1.29, 1.82) is 0 Å². The molecule has 2 atom stereocenters. The van der Waals surface area contributed by atoms with Crippen LogP contribution in [0.1, 0.15) is 46.7 Å². The summed E-state index contributed by atoms with van der Waals surface area (Å²) < 4.78 is 1.89. The highest BCUT2D eigenvalue weighted by atomic mass is 35.5. The van der Waals surface area contributed by atoms with Crippen LogP contribution in [0, 0.1) is 0 Å². The molecule has 2 unspecified atom stereocenters. The molecule has 4 rings (SSSR count). The number of amides is 1. The van der Waals surface area contributed by atoms with Crippen molar-refractivity contribution < 1.29 is 4.79 Å². The molecule has 8 heteroatoms. The molecule has 1 aliphatic heterocycles. The van der Waals surface area contributed by atoms with Crippen LogP contribution >= 0.6 is 24.0 Å². The number of piperidine rings is 1. The van der Waals surface area contributed by atoms with E-state index in [1.165, 1.54) is 0 Å². The number of nitrogens with one attached hydrogen (secondary N) is 2. The van der Waals surface area contributed by atoms with E-state index in [2.05, 4.69) is 20.7 Å². The summed E-state index contributed by atoms with van der Waals surface area (Å²) in [4.78, 5) is 17.3. The summed E-state index contributed by atoms with van der Waals surface area (Å²) in [7, 11) is 0. The summed E-state index contributed by atoms with van der Waals surface area (Å²) in [5.74, 6) is -0.238. The van der Waals surface area contributed by atoms with Gasteiger partial charge in [-0.3, -0.25) is 14.5 Å². The zero-order valence-electron chi connectivity index (χ0n) is 15.8. The normalized spacial score (nSPS) is 17.2. The number of rotatable bonds is 5. The molecule has 0 aliphatic carbocycles. The van der Waals surface area contributed by atoms with Gasteiger partial charge in [0, 0.05) is 24.0 Å². The fourth-order valence-electron chi connectivity index (χ4n) is 3.49. The molecule has 0 saturated carbocycles. The second-order valence-corrected chi connectivity index (χ2v) is 7.33. The van der Waals surface area contributed by atoms with Crippen molar-refractivity contribution in [1.82, 2.24) is 25.4 Å². The fourth-order valence-corrected chi connectivity index (χ4v) is 3.69. The maximum atomic E-state index is 12.9. The van der Waals surface area contributed by atoms with E-state index < -0.39 is 6.04 Å². The highest BCUT2D eigenvalue weighted by Gasteiger charge is 2.22. The fraction of sp³-hybridized carbons (Fsp3) is 0.286. The number of halogens is 2. The van der Waals surface area contributed by atoms with Crippen molar-refractivity contribution in [2.75, 3.05) is 13.1 Å². The molecule has 0 radical (unpaired) electrons. The third-order valence-electron chi connectivity index (χ3n) is 4.93. The molecule has 3 heterocycles. The number of nitrogens with zero attached hydrogens (tertiary/aromatic N) is 3. The SMILES string of the molecule is Cl.O=C(NC(c1cccc(Cl)c1)c1ccccn1)c1ccn(C2CCCNC2)n1. The number of hydrogen-bond donors (Lipinski definition) is 2. The van der Waals surface area contributed by atoms with E-state index in [9.17, 15) is 4.79 Å². The Morgan fingerprint density at radius 3 is 2.86 bits per heavy atom. The van der Waals surface area contributed by atoms with Crippen LogP contribution in [-0.4, -0.2) is 33.8 Å². The van der Waals surface area contributed by atoms with E-state index >= 15 is 0 Å². The first kappa shape index (κ1) is 21.3. The lowest BCUT2D eigenvalue weighted by molar-refractivity contribution is 0.0936. The number of hydrogen-bond acceptors (Lipinski definition) is 4. The van der Waals surface area contributed by atoms with Crippen molar-refractivity contribution in [3.8, 4) is 0 Å². The van der Waals surface area contributed by atoms with Gasteiger partial charge in [-0.25, -0.2) is 0 Å². The van der Waals surface area contributed by atoms with Crippen molar-refractivity contribution in [2.45, 2.75) is 24.9 Å². The summed E-state index contributed by atoms with van der Waals surface area (Å²) in [6, 6.07) is 14.7. The van der Waals surface area contributed by atoms with Crippen molar-refractivity contribution in [3.05, 3.63) is 82.9 Å². The summed E-state index contributed by atoms with van der Waals surface area (Å²) in [5, 5.41) is 11.6. The Morgan fingerprint density at radius 2 is 2.14 bits per heavy atom. The van der Waals surface area contributed by atoms with Crippen LogP contribution in [0.3, 0.4) is 0 Å². The minimum absolute atomic E-state index is 0. The van der Waals surface area contributed by atoms with Gasteiger partial charge in [-0.1, -0.05) is 29.8 Å². The second kappa shape index (κ2) is 9.87. The summed E-state index contributed by atoms with van der Waals surface area (Å²) in [5.41, 5.74) is 2.01. The predicted octanol–water partition coefficient (Wildman–Crippen LogP) is 3.80. The molecule has 0 bridgehead atoms. The van der Waals surface area contributed by atoms with Gasteiger partial charge in [0.05, 0.1) is 17.8 Å². The van der Waals surface area contributed by atoms with Gasteiger partial charge >= 0.3 is 0 Å². The van der Waals surface area contributed by atoms with Gasteiger partial charge in [-0.2, -0.15) is 5.10 Å². The first-order valence-electron chi connectivity index (χ1n) is 9.44. The number of pyridine rings is 1. The minimum atomic E-state index is -0.408. The third kappa shape index (κ3) is 5.15. The molecule has 1 amide bonds. The molecule has 2 aromatic heterocycles. The van der Waals surface area contributed by atoms with Crippen LogP contribution in [0.15, 0.2) is 60.9 Å². The number of benzene rings is 1. The molecule has 1 aromatic carbocycles. The Kier molecular flexibility index (Phi) is 7.25. The average molecular weight is 432 g/mol. The number of carbonyl (C=O) groups is 1. The molecule has 3 aromatic rings. The van der Waals surface area contributed by atoms with E-state index in [-0.39, 0.29) is 24.4 Å². The maximum absolute atomic E-state index is 12.9. The molecule has 1 aliphatic rings. The molecule has 29 heavy (non-hydrogen) atoms. The van der Waals surface area contributed by atoms with Gasteiger partial charge in [0.25, 0.3) is 5.91 Å². The van der Waals surface area contributed by atoms with Crippen LogP contribution in [0.5, 0.6) is 0 Å². The second-order valence-electron chi connectivity index (χ2n) is 6.90. The first-order valence-corrected chi connectivity index (χ1v) is 9.81. The lowest BCUT2D eigenvalue weighted by Crippen LogP contribution is -2.33. The van der Waals surface area contributed by atoms with Crippen molar-refractivity contribution in [3.63, 3.8) is 0 Å². The van der Waals surface area contributed by atoms with E-state index in [4.69, 9.17) is 11.6 Å². The topological polar surface area (TPSA) is 71.8 Å². The maximum Gasteiger partial charge on any atom is 0.272 e. The van der Waals surface area contributed by atoms with Crippen LogP contribution in [0.4, 0.5) is 0 Å². The zero-order chi connectivity index (χ0) is 19.3. The summed E-state index contributed by atoms with van der Waals surface area (Å²) in [6.45, 7) is 1.91. The first-order chi connectivity index (χ1) is 13.7. The smallest absolute Gasteiger partial charge is 0.272 e. The molecule has 6 nitrogen and oxygen atoms in total. The highest BCUT2D eigenvalue weighted by molar-refractivity contribution is 6.30. The Labute approximate surface area is 181 Å². The van der Waals surface area contributed by atoms with E-state index in [0.717, 1.165) is 37.2 Å². The van der Waals surface area contributed by atoms with Gasteiger partial charge in [-0.05, 0) is 55.3 Å². The molecule has 1 fully saturated rings. The van der Waals surface area contributed by atoms with Crippen molar-refractivity contribution in [2.24, 2.45) is 0 Å². The standard InChI is InChI=1S/C21H22ClN5O.ClH/c22-16-6-3-5-15(13-16)20(18-8-1-2-11-24-18)25-21(28)19-9-12-27(26-19)17-7-4-10-23-14-17;/h1-3,5-6,8-9,11-13,17,20,23H,4,7,10,14H2,(H,25,28);1H. The Bertz CT molecular complexity index is 941. The van der Waals surface area contributed by atoms with E-state index in [1.807, 2.05) is 53.3 Å². The monoisotopic (exact) mass is 431 g/mol. The summed E-state index contributed by atoms with van der Waals surface area (Å²) in [6.07, 6.45) is 5.77. The molecule has 2 N–H and O–H groups in total. The quantitative estimate of drug-likeness (QED) is 0.644. The number of aromatic nitrogens is 3. The Morgan fingerprint density at radius 1 is 1.24 bits per heavy atom.